The monoisotopic (exact) mass is 347 g/mol. The van der Waals surface area contributed by atoms with Gasteiger partial charge in [-0.15, -0.1) is 0 Å². The average molecular weight is 347 g/mol. The smallest absolute Gasteiger partial charge is 0.265 e. The molecule has 1 unspecified atom stereocenters. The van der Waals surface area contributed by atoms with E-state index in [1.54, 1.807) is 19.1 Å². The lowest BCUT2D eigenvalue weighted by atomic mass is 10.1. The first kappa shape index (κ1) is 17.5. The maximum Gasteiger partial charge on any atom is 0.265 e. The van der Waals surface area contributed by atoms with E-state index in [0.29, 0.717) is 23.8 Å². The van der Waals surface area contributed by atoms with Crippen molar-refractivity contribution >= 4 is 22.4 Å². The van der Waals surface area contributed by atoms with Gasteiger partial charge in [0.05, 0.1) is 0 Å². The molecule has 0 fully saturated rings. The lowest BCUT2D eigenvalue weighted by molar-refractivity contribution is -0.122. The van der Waals surface area contributed by atoms with E-state index in [1.165, 1.54) is 0 Å². The van der Waals surface area contributed by atoms with Crippen LogP contribution in [0.25, 0.3) is 10.8 Å². The van der Waals surface area contributed by atoms with Crippen LogP contribution in [0.5, 0.6) is 11.5 Å². The first-order valence-corrected chi connectivity index (χ1v) is 8.46. The molecule has 0 heterocycles. The number of hydrogen-bond acceptors (Lipinski definition) is 3. The molecule has 26 heavy (non-hydrogen) atoms. The van der Waals surface area contributed by atoms with Gasteiger partial charge in [-0.05, 0) is 30.5 Å². The van der Waals surface area contributed by atoms with Crippen LogP contribution < -0.4 is 14.8 Å². The lowest BCUT2D eigenvalue weighted by Gasteiger charge is -2.16. The van der Waals surface area contributed by atoms with Crippen LogP contribution >= 0.6 is 0 Å². The van der Waals surface area contributed by atoms with E-state index in [-0.39, 0.29) is 5.91 Å². The van der Waals surface area contributed by atoms with E-state index in [2.05, 4.69) is 11.9 Å². The van der Waals surface area contributed by atoms with Crippen molar-refractivity contribution in [2.75, 3.05) is 11.9 Å². The predicted molar refractivity (Wildman–Crippen MR) is 105 cm³/mol. The van der Waals surface area contributed by atoms with E-state index < -0.39 is 6.10 Å². The van der Waals surface area contributed by atoms with E-state index in [4.69, 9.17) is 9.47 Å². The first-order valence-electron chi connectivity index (χ1n) is 8.46. The van der Waals surface area contributed by atoms with Crippen LogP contribution in [0, 0.1) is 0 Å². The first-order chi connectivity index (χ1) is 12.7. The second-order valence-corrected chi connectivity index (χ2v) is 5.85. The number of amides is 1. The Morgan fingerprint density at radius 2 is 1.88 bits per heavy atom. The number of ether oxygens (including phenoxy) is 2. The fourth-order valence-corrected chi connectivity index (χ4v) is 2.61. The minimum Gasteiger partial charge on any atom is -0.489 e. The molecule has 3 aromatic carbocycles. The minimum atomic E-state index is -0.640. The summed E-state index contributed by atoms with van der Waals surface area (Å²) in [5.41, 5.74) is 0.657. The Hall–Kier alpha value is -3.27. The van der Waals surface area contributed by atoms with Gasteiger partial charge < -0.3 is 14.8 Å². The van der Waals surface area contributed by atoms with Crippen molar-refractivity contribution in [3.63, 3.8) is 0 Å². The zero-order valence-electron chi connectivity index (χ0n) is 14.6. The van der Waals surface area contributed by atoms with Crippen molar-refractivity contribution in [1.29, 1.82) is 0 Å². The van der Waals surface area contributed by atoms with Crippen LogP contribution in [0.2, 0.25) is 0 Å². The summed E-state index contributed by atoms with van der Waals surface area (Å²) in [7, 11) is 0. The molecule has 0 aliphatic rings. The average Bonchev–Trinajstić information content (AvgIpc) is 2.67. The zero-order chi connectivity index (χ0) is 18.4. The standard InChI is InChI=1S/C22H21NO3/c1-3-14-25-19-11-7-10-18(15-19)23-22(24)16(2)26-21-13-6-9-17-8-4-5-12-20(17)21/h3-13,15-16H,1,14H2,2H3,(H,23,24). The highest BCUT2D eigenvalue weighted by atomic mass is 16.5. The maximum atomic E-state index is 12.5. The second-order valence-electron chi connectivity index (χ2n) is 5.85. The molecule has 132 valence electrons. The molecule has 0 saturated heterocycles. The Bertz CT molecular complexity index is 915. The van der Waals surface area contributed by atoms with Gasteiger partial charge in [0.15, 0.2) is 6.10 Å². The molecule has 1 N–H and O–H groups in total. The van der Waals surface area contributed by atoms with Crippen LogP contribution in [0.15, 0.2) is 79.4 Å². The van der Waals surface area contributed by atoms with Gasteiger partial charge in [-0.2, -0.15) is 0 Å². The molecule has 3 aromatic rings. The Labute approximate surface area is 153 Å². The van der Waals surface area contributed by atoms with Crippen molar-refractivity contribution in [2.24, 2.45) is 0 Å². The van der Waals surface area contributed by atoms with Crippen molar-refractivity contribution in [1.82, 2.24) is 0 Å². The molecular formula is C22H21NO3. The van der Waals surface area contributed by atoms with Gasteiger partial charge >= 0.3 is 0 Å². The Kier molecular flexibility index (Phi) is 5.54. The van der Waals surface area contributed by atoms with Crippen LogP contribution in [-0.2, 0) is 4.79 Å². The molecule has 1 atom stereocenters. The summed E-state index contributed by atoms with van der Waals surface area (Å²) in [6, 6.07) is 21.0. The van der Waals surface area contributed by atoms with E-state index in [0.717, 1.165) is 10.8 Å². The largest absolute Gasteiger partial charge is 0.489 e. The third kappa shape index (κ3) is 4.22. The van der Waals surface area contributed by atoms with Gasteiger partial charge in [0, 0.05) is 17.1 Å². The minimum absolute atomic E-state index is 0.223. The number of rotatable bonds is 7. The highest BCUT2D eigenvalue weighted by Gasteiger charge is 2.16. The van der Waals surface area contributed by atoms with Gasteiger partial charge in [0.1, 0.15) is 18.1 Å². The normalized spacial score (nSPS) is 11.6. The number of fused-ring (bicyclic) bond motifs is 1. The van der Waals surface area contributed by atoms with E-state index in [9.17, 15) is 4.79 Å². The summed E-state index contributed by atoms with van der Waals surface area (Å²) >= 11 is 0. The molecular weight excluding hydrogens is 326 g/mol. The Morgan fingerprint density at radius 3 is 2.73 bits per heavy atom. The molecule has 0 bridgehead atoms. The van der Waals surface area contributed by atoms with E-state index >= 15 is 0 Å². The van der Waals surface area contributed by atoms with Crippen molar-refractivity contribution in [2.45, 2.75) is 13.0 Å². The highest BCUT2D eigenvalue weighted by Crippen LogP contribution is 2.26. The van der Waals surface area contributed by atoms with Crippen LogP contribution in [0.1, 0.15) is 6.92 Å². The Morgan fingerprint density at radius 1 is 1.12 bits per heavy atom. The number of anilines is 1. The van der Waals surface area contributed by atoms with Gasteiger partial charge in [-0.25, -0.2) is 0 Å². The molecule has 4 heteroatoms. The van der Waals surface area contributed by atoms with Crippen LogP contribution in [0.4, 0.5) is 5.69 Å². The highest BCUT2D eigenvalue weighted by molar-refractivity contribution is 5.95. The number of hydrogen-bond donors (Lipinski definition) is 1. The summed E-state index contributed by atoms with van der Waals surface area (Å²) in [4.78, 5) is 12.5. The SMILES string of the molecule is C=CCOc1cccc(NC(=O)C(C)Oc2cccc3ccccc23)c1. The summed E-state index contributed by atoms with van der Waals surface area (Å²) < 4.78 is 11.4. The Balaban J connectivity index is 1.69. The molecule has 0 saturated carbocycles. The topological polar surface area (TPSA) is 47.6 Å². The van der Waals surface area contributed by atoms with Gasteiger partial charge in [0.2, 0.25) is 0 Å². The summed E-state index contributed by atoms with van der Waals surface area (Å²) in [6.45, 7) is 5.77. The molecule has 3 rings (SSSR count). The number of carbonyl (C=O) groups excluding carboxylic acids is 1. The van der Waals surface area contributed by atoms with E-state index in [1.807, 2.05) is 60.7 Å². The molecule has 4 nitrogen and oxygen atoms in total. The van der Waals surface area contributed by atoms with Gasteiger partial charge in [-0.1, -0.05) is 55.1 Å². The molecule has 0 aliphatic carbocycles. The summed E-state index contributed by atoms with van der Waals surface area (Å²) in [5.74, 6) is 1.14. The molecule has 0 spiro atoms. The molecule has 0 radical (unpaired) electrons. The fourth-order valence-electron chi connectivity index (χ4n) is 2.61. The van der Waals surface area contributed by atoms with Crippen LogP contribution in [0.3, 0.4) is 0 Å². The fraction of sp³-hybridized carbons (Fsp3) is 0.136. The number of benzene rings is 3. The van der Waals surface area contributed by atoms with Gasteiger partial charge in [0.25, 0.3) is 5.91 Å². The van der Waals surface area contributed by atoms with Gasteiger partial charge in [-0.3, -0.25) is 4.79 Å². The second kappa shape index (κ2) is 8.21. The summed E-state index contributed by atoms with van der Waals surface area (Å²) in [5, 5.41) is 4.91. The lowest BCUT2D eigenvalue weighted by Crippen LogP contribution is -2.30. The number of carbonyl (C=O) groups is 1. The predicted octanol–water partition coefficient (Wildman–Crippen LogP) is 4.81. The van der Waals surface area contributed by atoms with Crippen molar-refractivity contribution in [3.05, 3.63) is 79.4 Å². The maximum absolute atomic E-state index is 12.5. The molecule has 1 amide bonds. The third-order valence-electron chi connectivity index (χ3n) is 3.89. The quantitative estimate of drug-likeness (QED) is 0.624. The zero-order valence-corrected chi connectivity index (χ0v) is 14.6. The van der Waals surface area contributed by atoms with Crippen molar-refractivity contribution in [3.8, 4) is 11.5 Å². The number of nitrogens with one attached hydrogen (secondary N) is 1. The molecule has 0 aromatic heterocycles. The molecule has 0 aliphatic heterocycles. The van der Waals surface area contributed by atoms with Crippen molar-refractivity contribution < 1.29 is 14.3 Å². The van der Waals surface area contributed by atoms with Crippen LogP contribution in [-0.4, -0.2) is 18.6 Å². The summed E-state index contributed by atoms with van der Waals surface area (Å²) in [6.07, 6.45) is 1.03. The third-order valence-corrected chi connectivity index (χ3v) is 3.89.